The fourth-order valence-electron chi connectivity index (χ4n) is 2.75. The molecule has 0 fully saturated rings. The van der Waals surface area contributed by atoms with Gasteiger partial charge < -0.3 is 14.9 Å². The molecule has 1 aromatic rings. The van der Waals surface area contributed by atoms with E-state index in [1.54, 1.807) is 4.90 Å². The van der Waals surface area contributed by atoms with Crippen molar-refractivity contribution >= 4 is 5.69 Å². The third-order valence-electron chi connectivity index (χ3n) is 4.06. The molecule has 0 saturated carbocycles. The van der Waals surface area contributed by atoms with Gasteiger partial charge in [0.15, 0.2) is 0 Å². The highest BCUT2D eigenvalue weighted by atomic mass is 19.1. The van der Waals surface area contributed by atoms with Crippen molar-refractivity contribution in [2.45, 2.75) is 19.3 Å². The first-order chi connectivity index (χ1) is 11.2. The number of rotatable bonds is 6. The SMILES string of the molecule is C=C/C(F)=C/N1CCc2ccc(N(CO)CCC#N)cc2CC1. The van der Waals surface area contributed by atoms with Crippen LogP contribution < -0.4 is 4.90 Å². The molecule has 1 N–H and O–H groups in total. The molecule has 23 heavy (non-hydrogen) atoms. The topological polar surface area (TPSA) is 50.5 Å². The Bertz CT molecular complexity index is 621. The van der Waals surface area contributed by atoms with Crippen LogP contribution in [0.15, 0.2) is 42.9 Å². The number of aliphatic hydroxyl groups is 1. The number of anilines is 1. The van der Waals surface area contributed by atoms with Gasteiger partial charge in [0.05, 0.1) is 12.5 Å². The van der Waals surface area contributed by atoms with Gasteiger partial charge in [-0.3, -0.25) is 0 Å². The number of fused-ring (bicyclic) bond motifs is 1. The van der Waals surface area contributed by atoms with E-state index in [-0.39, 0.29) is 12.6 Å². The number of halogens is 1. The Labute approximate surface area is 136 Å². The number of hydrogen-bond acceptors (Lipinski definition) is 4. The molecular formula is C18H22FN3O. The molecule has 0 aromatic heterocycles. The van der Waals surface area contributed by atoms with Crippen LogP contribution in [0.4, 0.5) is 10.1 Å². The average Bonchev–Trinajstić information content (AvgIpc) is 2.77. The molecule has 0 amide bonds. The minimum atomic E-state index is -0.320. The van der Waals surface area contributed by atoms with Gasteiger partial charge in [-0.2, -0.15) is 5.26 Å². The van der Waals surface area contributed by atoms with Gasteiger partial charge >= 0.3 is 0 Å². The smallest absolute Gasteiger partial charge is 0.138 e. The highest BCUT2D eigenvalue weighted by Gasteiger charge is 2.14. The highest BCUT2D eigenvalue weighted by Crippen LogP contribution is 2.23. The zero-order valence-corrected chi connectivity index (χ0v) is 13.2. The molecule has 0 atom stereocenters. The van der Waals surface area contributed by atoms with Crippen LogP contribution in [-0.4, -0.2) is 36.4 Å². The number of nitriles is 1. The van der Waals surface area contributed by atoms with Gasteiger partial charge in [0, 0.05) is 31.5 Å². The van der Waals surface area contributed by atoms with E-state index in [0.717, 1.165) is 31.6 Å². The highest BCUT2D eigenvalue weighted by molar-refractivity contribution is 5.51. The van der Waals surface area contributed by atoms with Crippen molar-refractivity contribution in [2.75, 3.05) is 31.3 Å². The molecule has 0 spiro atoms. The van der Waals surface area contributed by atoms with Crippen molar-refractivity contribution in [2.24, 2.45) is 0 Å². The minimum absolute atomic E-state index is 0.111. The lowest BCUT2D eigenvalue weighted by atomic mass is 10.0. The molecular weight excluding hydrogens is 293 g/mol. The molecule has 1 heterocycles. The lowest BCUT2D eigenvalue weighted by Gasteiger charge is -2.22. The minimum Gasteiger partial charge on any atom is -0.376 e. The van der Waals surface area contributed by atoms with Crippen LogP contribution in [0.2, 0.25) is 0 Å². The Morgan fingerprint density at radius 1 is 1.39 bits per heavy atom. The van der Waals surface area contributed by atoms with E-state index in [1.807, 2.05) is 11.0 Å². The summed E-state index contributed by atoms with van der Waals surface area (Å²) in [7, 11) is 0. The van der Waals surface area contributed by atoms with E-state index in [4.69, 9.17) is 5.26 Å². The Morgan fingerprint density at radius 3 is 2.78 bits per heavy atom. The lowest BCUT2D eigenvalue weighted by Crippen LogP contribution is -2.25. The molecule has 0 aliphatic carbocycles. The molecule has 4 nitrogen and oxygen atoms in total. The second kappa shape index (κ2) is 8.35. The number of allylic oxidation sites excluding steroid dienone is 2. The summed E-state index contributed by atoms with van der Waals surface area (Å²) in [4.78, 5) is 3.75. The standard InChI is InChI=1S/C18H22FN3O/c1-2-17(19)13-21-10-6-15-4-5-18(12-16(15)7-11-21)22(14-23)9-3-8-20/h2,4-5,12-13,23H,1,3,6-7,9-11,14H2/b17-13-. The molecule has 0 bridgehead atoms. The van der Waals surface area contributed by atoms with Crippen LogP contribution in [0.25, 0.3) is 0 Å². The Hall–Kier alpha value is -2.32. The molecule has 1 aromatic carbocycles. The van der Waals surface area contributed by atoms with Gasteiger partial charge in [0.1, 0.15) is 12.6 Å². The van der Waals surface area contributed by atoms with Crippen LogP contribution in [0.3, 0.4) is 0 Å². The fourth-order valence-corrected chi connectivity index (χ4v) is 2.75. The molecule has 0 radical (unpaired) electrons. The Balaban J connectivity index is 2.13. The van der Waals surface area contributed by atoms with Crippen LogP contribution >= 0.6 is 0 Å². The van der Waals surface area contributed by atoms with E-state index in [1.165, 1.54) is 23.4 Å². The van der Waals surface area contributed by atoms with Gasteiger partial charge in [-0.25, -0.2) is 4.39 Å². The van der Waals surface area contributed by atoms with Gasteiger partial charge in [0.2, 0.25) is 0 Å². The third kappa shape index (κ3) is 4.57. The summed E-state index contributed by atoms with van der Waals surface area (Å²) in [6.07, 6.45) is 4.77. The number of hydrogen-bond donors (Lipinski definition) is 1. The lowest BCUT2D eigenvalue weighted by molar-refractivity contribution is 0.291. The second-order valence-electron chi connectivity index (χ2n) is 5.52. The van der Waals surface area contributed by atoms with Crippen molar-refractivity contribution in [1.82, 2.24) is 4.90 Å². The molecule has 2 rings (SSSR count). The van der Waals surface area contributed by atoms with Crippen LogP contribution in [0, 0.1) is 11.3 Å². The predicted octanol–water partition coefficient (Wildman–Crippen LogP) is 2.75. The van der Waals surface area contributed by atoms with Gasteiger partial charge in [-0.15, -0.1) is 0 Å². The van der Waals surface area contributed by atoms with E-state index in [0.29, 0.717) is 13.0 Å². The number of benzene rings is 1. The quantitative estimate of drug-likeness (QED) is 0.648. The second-order valence-corrected chi connectivity index (χ2v) is 5.52. The molecule has 1 aliphatic heterocycles. The maximum Gasteiger partial charge on any atom is 0.138 e. The first kappa shape index (κ1) is 17.0. The van der Waals surface area contributed by atoms with Crippen molar-refractivity contribution < 1.29 is 9.50 Å². The maximum absolute atomic E-state index is 13.4. The maximum atomic E-state index is 13.4. The fraction of sp³-hybridized carbons (Fsp3) is 0.389. The normalized spacial score (nSPS) is 14.7. The number of aliphatic hydroxyl groups excluding tert-OH is 1. The molecule has 122 valence electrons. The molecule has 0 unspecified atom stereocenters. The van der Waals surface area contributed by atoms with Crippen molar-refractivity contribution in [1.29, 1.82) is 5.26 Å². The summed E-state index contributed by atoms with van der Waals surface area (Å²) in [5.41, 5.74) is 3.39. The van der Waals surface area contributed by atoms with E-state index < -0.39 is 0 Å². The van der Waals surface area contributed by atoms with Gasteiger partial charge in [-0.1, -0.05) is 12.6 Å². The first-order valence-electron chi connectivity index (χ1n) is 7.76. The Kier molecular flexibility index (Phi) is 6.19. The summed E-state index contributed by atoms with van der Waals surface area (Å²) in [5.74, 6) is -0.320. The summed E-state index contributed by atoms with van der Waals surface area (Å²) < 4.78 is 13.4. The van der Waals surface area contributed by atoms with Crippen LogP contribution in [-0.2, 0) is 12.8 Å². The van der Waals surface area contributed by atoms with Crippen molar-refractivity contribution in [3.8, 4) is 6.07 Å². The molecule has 1 aliphatic rings. The van der Waals surface area contributed by atoms with E-state index >= 15 is 0 Å². The number of nitrogens with zero attached hydrogens (tertiary/aromatic N) is 3. The summed E-state index contributed by atoms with van der Waals surface area (Å²) in [5, 5.41) is 18.2. The zero-order chi connectivity index (χ0) is 16.7. The average molecular weight is 315 g/mol. The van der Waals surface area contributed by atoms with E-state index in [9.17, 15) is 9.50 Å². The van der Waals surface area contributed by atoms with Gasteiger partial charge in [-0.05, 0) is 42.2 Å². The monoisotopic (exact) mass is 315 g/mol. The summed E-state index contributed by atoms with van der Waals surface area (Å²) in [6, 6.07) is 8.20. The largest absolute Gasteiger partial charge is 0.376 e. The summed E-state index contributed by atoms with van der Waals surface area (Å²) in [6.45, 7) is 5.34. The van der Waals surface area contributed by atoms with Crippen LogP contribution in [0.5, 0.6) is 0 Å². The van der Waals surface area contributed by atoms with Gasteiger partial charge in [0.25, 0.3) is 0 Å². The molecule has 0 saturated heterocycles. The molecule has 5 heteroatoms. The van der Waals surface area contributed by atoms with E-state index in [2.05, 4.69) is 24.8 Å². The summed E-state index contributed by atoms with van der Waals surface area (Å²) >= 11 is 0. The van der Waals surface area contributed by atoms with Crippen LogP contribution in [0.1, 0.15) is 17.5 Å². The first-order valence-corrected chi connectivity index (χ1v) is 7.76. The predicted molar refractivity (Wildman–Crippen MR) is 89.5 cm³/mol. The van der Waals surface area contributed by atoms with Crippen molar-refractivity contribution in [3.63, 3.8) is 0 Å². The zero-order valence-electron chi connectivity index (χ0n) is 13.2. The van der Waals surface area contributed by atoms with Crippen molar-refractivity contribution in [3.05, 3.63) is 54.0 Å². The Morgan fingerprint density at radius 2 is 2.13 bits per heavy atom. The third-order valence-corrected chi connectivity index (χ3v) is 4.06.